The molecule has 9 heteroatoms. The maximum Gasteiger partial charge on any atom is 0.316 e. The van der Waals surface area contributed by atoms with Crippen molar-refractivity contribution in [3.8, 4) is 6.01 Å². The van der Waals surface area contributed by atoms with Crippen molar-refractivity contribution in [2.24, 2.45) is 0 Å². The lowest BCUT2D eigenvalue weighted by Gasteiger charge is -2.23. The molecule has 0 aliphatic carbocycles. The van der Waals surface area contributed by atoms with Crippen molar-refractivity contribution in [2.75, 3.05) is 19.8 Å². The van der Waals surface area contributed by atoms with Crippen LogP contribution in [0.3, 0.4) is 0 Å². The molecule has 3 heterocycles. The molecule has 1 aliphatic rings. The van der Waals surface area contributed by atoms with Gasteiger partial charge in [0, 0.05) is 42.0 Å². The Morgan fingerprint density at radius 1 is 1.07 bits per heavy atom. The van der Waals surface area contributed by atoms with Crippen LogP contribution in [-0.4, -0.2) is 56.6 Å². The second-order valence-electron chi connectivity index (χ2n) is 11.1. The van der Waals surface area contributed by atoms with Crippen molar-refractivity contribution < 1.29 is 19.4 Å². The molecule has 1 fully saturated rings. The predicted molar refractivity (Wildman–Crippen MR) is 165 cm³/mol. The highest BCUT2D eigenvalue weighted by atomic mass is 16.5. The normalized spacial score (nSPS) is 15.9. The summed E-state index contributed by atoms with van der Waals surface area (Å²) >= 11 is 0. The van der Waals surface area contributed by atoms with Gasteiger partial charge in [-0.25, -0.2) is 14.6 Å². The Morgan fingerprint density at radius 2 is 1.81 bits per heavy atom. The molecule has 0 amide bonds. The summed E-state index contributed by atoms with van der Waals surface area (Å²) in [7, 11) is 0. The van der Waals surface area contributed by atoms with Crippen molar-refractivity contribution in [3.05, 3.63) is 83.8 Å². The lowest BCUT2D eigenvalue weighted by molar-refractivity contribution is -0.122. The molecule has 2 aromatic heterocycles. The average molecular weight is 572 g/mol. The van der Waals surface area contributed by atoms with E-state index in [-0.39, 0.29) is 18.2 Å². The van der Waals surface area contributed by atoms with E-state index in [1.54, 1.807) is 0 Å². The highest BCUT2D eigenvalue weighted by molar-refractivity contribution is 6.00. The van der Waals surface area contributed by atoms with Crippen molar-refractivity contribution in [2.45, 2.75) is 65.1 Å². The summed E-state index contributed by atoms with van der Waals surface area (Å²) in [5.74, 6) is 0. The molecule has 9 nitrogen and oxygen atoms in total. The van der Waals surface area contributed by atoms with Gasteiger partial charge in [-0.3, -0.25) is 4.79 Å². The Kier molecular flexibility index (Phi) is 10.8. The second-order valence-corrected chi connectivity index (χ2v) is 11.1. The third kappa shape index (κ3) is 8.02. The monoisotopic (exact) mass is 571 g/mol. The van der Waals surface area contributed by atoms with Crippen LogP contribution in [0.15, 0.2) is 67.1 Å². The van der Waals surface area contributed by atoms with Gasteiger partial charge in [0.25, 0.3) is 6.47 Å². The van der Waals surface area contributed by atoms with Gasteiger partial charge in [0.1, 0.15) is 6.61 Å². The summed E-state index contributed by atoms with van der Waals surface area (Å²) in [4.78, 5) is 17.5. The second kappa shape index (κ2) is 14.7. The molecule has 0 saturated carbocycles. The maximum atomic E-state index is 8.36. The van der Waals surface area contributed by atoms with E-state index in [0.717, 1.165) is 60.0 Å². The van der Waals surface area contributed by atoms with Gasteiger partial charge in [-0.2, -0.15) is 5.10 Å². The SMILES string of the molecule is CC/C(=C(/c1cnc(OCCNC(C)(C)C)nc1)c1ccc2c(cnn2C2CCCCO2)c1)c1ccccc1.O=CO. The Morgan fingerprint density at radius 3 is 2.45 bits per heavy atom. The number of carboxylic acid groups (broad SMARTS) is 1. The maximum absolute atomic E-state index is 8.36. The number of nitrogens with one attached hydrogen (secondary N) is 1. The molecule has 222 valence electrons. The molecule has 1 atom stereocenters. The van der Waals surface area contributed by atoms with Crippen molar-refractivity contribution >= 4 is 28.5 Å². The van der Waals surface area contributed by atoms with Crippen molar-refractivity contribution in [1.29, 1.82) is 0 Å². The van der Waals surface area contributed by atoms with Crippen LogP contribution in [0.25, 0.3) is 22.0 Å². The van der Waals surface area contributed by atoms with Crippen LogP contribution in [-0.2, 0) is 9.53 Å². The van der Waals surface area contributed by atoms with Crippen molar-refractivity contribution in [1.82, 2.24) is 25.1 Å². The highest BCUT2D eigenvalue weighted by Gasteiger charge is 2.20. The lowest BCUT2D eigenvalue weighted by atomic mass is 9.89. The molecule has 0 bridgehead atoms. The summed E-state index contributed by atoms with van der Waals surface area (Å²) in [6.45, 7) is 10.4. The zero-order valence-electron chi connectivity index (χ0n) is 24.9. The number of rotatable bonds is 9. The van der Waals surface area contributed by atoms with E-state index in [4.69, 9.17) is 24.5 Å². The summed E-state index contributed by atoms with van der Waals surface area (Å²) in [6.07, 6.45) is 9.84. The number of hydrogen-bond donors (Lipinski definition) is 2. The topological polar surface area (TPSA) is 111 Å². The summed E-state index contributed by atoms with van der Waals surface area (Å²) in [6, 6.07) is 17.5. The van der Waals surface area contributed by atoms with Gasteiger partial charge in [0.2, 0.25) is 0 Å². The summed E-state index contributed by atoms with van der Waals surface area (Å²) in [5.41, 5.74) is 6.75. The van der Waals surface area contributed by atoms with E-state index in [1.165, 1.54) is 17.6 Å². The number of fused-ring (bicyclic) bond motifs is 1. The molecule has 5 rings (SSSR count). The molecule has 1 saturated heterocycles. The Bertz CT molecular complexity index is 1450. The zero-order chi connectivity index (χ0) is 30.0. The summed E-state index contributed by atoms with van der Waals surface area (Å²) in [5, 5.41) is 16.1. The van der Waals surface area contributed by atoms with Gasteiger partial charge >= 0.3 is 6.01 Å². The van der Waals surface area contributed by atoms with E-state index >= 15 is 0 Å². The standard InChI is InChI=1S/C32H39N5O2.CH2O2/c1-5-27(23-11-7-6-8-12-23)30(26-20-33-31(34-21-26)39-18-16-35-32(2,3)4)24-14-15-28-25(19-24)22-36-37(28)29-13-9-10-17-38-29;2-1-3/h6-8,11-12,14-15,19-22,29,35H,5,9-10,13,16-18H2,1-4H3;1H,(H,2,3)/b30-27-;. The first-order valence-corrected chi connectivity index (χ1v) is 14.5. The van der Waals surface area contributed by atoms with Gasteiger partial charge in [0.05, 0.1) is 11.7 Å². The predicted octanol–water partition coefficient (Wildman–Crippen LogP) is 6.36. The Balaban J connectivity index is 0.00000129. The van der Waals surface area contributed by atoms with Crippen LogP contribution < -0.4 is 10.1 Å². The van der Waals surface area contributed by atoms with E-state index in [0.29, 0.717) is 12.6 Å². The van der Waals surface area contributed by atoms with Crippen LogP contribution >= 0.6 is 0 Å². The van der Waals surface area contributed by atoms with Crippen LogP contribution in [0.5, 0.6) is 6.01 Å². The minimum absolute atomic E-state index is 0.00665. The number of allylic oxidation sites excluding steroid dienone is 1. The quantitative estimate of drug-likeness (QED) is 0.136. The minimum Gasteiger partial charge on any atom is -0.483 e. The number of ether oxygens (including phenoxy) is 2. The van der Waals surface area contributed by atoms with Crippen molar-refractivity contribution in [3.63, 3.8) is 0 Å². The molecule has 2 N–H and O–H groups in total. The van der Waals surface area contributed by atoms with Gasteiger partial charge in [-0.05, 0) is 80.9 Å². The minimum atomic E-state index is -0.250. The fourth-order valence-electron chi connectivity index (χ4n) is 5.12. The summed E-state index contributed by atoms with van der Waals surface area (Å²) < 4.78 is 13.9. The van der Waals surface area contributed by atoms with E-state index in [9.17, 15) is 0 Å². The van der Waals surface area contributed by atoms with Gasteiger partial charge in [0.15, 0.2) is 6.23 Å². The highest BCUT2D eigenvalue weighted by Crippen LogP contribution is 2.36. The van der Waals surface area contributed by atoms with Gasteiger partial charge < -0.3 is 19.9 Å². The zero-order valence-corrected chi connectivity index (χ0v) is 24.9. The molecular weight excluding hydrogens is 530 g/mol. The van der Waals surface area contributed by atoms with Gasteiger partial charge in [-0.15, -0.1) is 0 Å². The third-order valence-electron chi connectivity index (χ3n) is 7.00. The molecule has 42 heavy (non-hydrogen) atoms. The lowest BCUT2D eigenvalue weighted by Crippen LogP contribution is -2.38. The molecule has 1 aliphatic heterocycles. The van der Waals surface area contributed by atoms with E-state index < -0.39 is 0 Å². The molecular formula is C33H41N5O4. The van der Waals surface area contributed by atoms with Gasteiger partial charge in [-0.1, -0.05) is 43.3 Å². The Labute approximate surface area is 247 Å². The Hall–Kier alpha value is -4.08. The first-order valence-electron chi connectivity index (χ1n) is 14.5. The van der Waals surface area contributed by atoms with E-state index in [2.05, 4.69) is 85.4 Å². The third-order valence-corrected chi connectivity index (χ3v) is 7.00. The fourth-order valence-corrected chi connectivity index (χ4v) is 5.12. The number of nitrogens with zero attached hydrogens (tertiary/aromatic N) is 4. The molecule has 0 spiro atoms. The van der Waals surface area contributed by atoms with Crippen LogP contribution in [0.1, 0.15) is 76.3 Å². The fraction of sp³-hybridized carbons (Fsp3) is 0.394. The first kappa shape index (κ1) is 30.9. The first-order chi connectivity index (χ1) is 20.3. The van der Waals surface area contributed by atoms with Crippen LogP contribution in [0.4, 0.5) is 0 Å². The number of benzene rings is 2. The molecule has 2 aromatic carbocycles. The van der Waals surface area contributed by atoms with E-state index in [1.807, 2.05) is 29.3 Å². The number of hydrogen-bond acceptors (Lipinski definition) is 7. The van der Waals surface area contributed by atoms with Crippen LogP contribution in [0, 0.1) is 0 Å². The molecule has 0 radical (unpaired) electrons. The van der Waals surface area contributed by atoms with Crippen LogP contribution in [0.2, 0.25) is 0 Å². The smallest absolute Gasteiger partial charge is 0.316 e. The molecule has 4 aromatic rings. The largest absolute Gasteiger partial charge is 0.483 e. The number of carbonyl (C=O) groups is 1. The number of aromatic nitrogens is 4. The molecule has 1 unspecified atom stereocenters. The average Bonchev–Trinajstić information content (AvgIpc) is 3.43.